The second kappa shape index (κ2) is 15.7. The Balaban J connectivity index is 2.31. The number of nitrogens with two attached hydrogens (primary N) is 1. The minimum absolute atomic E-state index is 0.00802. The Morgan fingerprint density at radius 2 is 1.31 bits per heavy atom. The minimum Gasteiger partial charge on any atom is -0.508 e. The number of hydrogen-bond donors (Lipinski definition) is 7. The first-order valence-electron chi connectivity index (χ1n) is 12.4. The number of thioether (sulfide) groups is 1. The normalized spacial score (nSPS) is 14.8. The number of phenols is 1. The van der Waals surface area contributed by atoms with Gasteiger partial charge < -0.3 is 37.0 Å². The van der Waals surface area contributed by atoms with Crippen molar-refractivity contribution in [2.24, 2.45) is 5.73 Å². The molecule has 0 aliphatic carbocycles. The maximum absolute atomic E-state index is 13.5. The van der Waals surface area contributed by atoms with Gasteiger partial charge in [0, 0.05) is 12.8 Å². The molecule has 0 saturated heterocycles. The molecule has 5 atom stereocenters. The summed E-state index contributed by atoms with van der Waals surface area (Å²) in [6, 6.07) is 10.1. The van der Waals surface area contributed by atoms with E-state index in [0.717, 1.165) is 5.56 Å². The van der Waals surface area contributed by atoms with Gasteiger partial charge in [0.15, 0.2) is 0 Å². The van der Waals surface area contributed by atoms with Crippen molar-refractivity contribution in [3.63, 3.8) is 0 Å². The van der Waals surface area contributed by atoms with E-state index in [9.17, 15) is 34.5 Å². The van der Waals surface area contributed by atoms with Crippen LogP contribution in [-0.2, 0) is 32.0 Å². The predicted octanol–water partition coefficient (Wildman–Crippen LogP) is 0.178. The van der Waals surface area contributed by atoms with Crippen molar-refractivity contribution in [1.29, 1.82) is 0 Å². The summed E-state index contributed by atoms with van der Waals surface area (Å²) in [6.45, 7) is 1.35. The lowest BCUT2D eigenvalue weighted by molar-refractivity contribution is -0.142. The van der Waals surface area contributed by atoms with Gasteiger partial charge in [-0.25, -0.2) is 4.79 Å². The molecule has 0 bridgehead atoms. The summed E-state index contributed by atoms with van der Waals surface area (Å²) < 4.78 is 0. The Hall–Kier alpha value is -3.61. The van der Waals surface area contributed by atoms with Crippen LogP contribution < -0.4 is 21.7 Å². The molecular formula is C27H36N4O7S. The first kappa shape index (κ1) is 31.6. The Morgan fingerprint density at radius 3 is 1.79 bits per heavy atom. The van der Waals surface area contributed by atoms with Gasteiger partial charge in [-0.3, -0.25) is 14.4 Å². The third-order valence-electron chi connectivity index (χ3n) is 5.97. The summed E-state index contributed by atoms with van der Waals surface area (Å²) in [5.41, 5.74) is 7.08. The molecule has 11 nitrogen and oxygen atoms in total. The number of phenolic OH excluding ortho intramolecular Hbond substituents is 1. The number of amides is 3. The van der Waals surface area contributed by atoms with E-state index in [1.165, 1.54) is 30.8 Å². The number of aromatic hydroxyl groups is 1. The van der Waals surface area contributed by atoms with Crippen molar-refractivity contribution in [3.8, 4) is 5.75 Å². The Bertz CT molecular complexity index is 1100. The van der Waals surface area contributed by atoms with Crippen LogP contribution in [0.5, 0.6) is 5.75 Å². The molecule has 5 unspecified atom stereocenters. The molecule has 0 aliphatic heterocycles. The summed E-state index contributed by atoms with van der Waals surface area (Å²) in [5.74, 6) is -2.83. The van der Waals surface area contributed by atoms with Crippen molar-refractivity contribution in [3.05, 3.63) is 65.7 Å². The lowest BCUT2D eigenvalue weighted by Crippen LogP contribution is -2.59. The van der Waals surface area contributed by atoms with Crippen LogP contribution in [0.15, 0.2) is 54.6 Å². The molecule has 3 amide bonds. The van der Waals surface area contributed by atoms with Crippen LogP contribution in [0.2, 0.25) is 0 Å². The monoisotopic (exact) mass is 560 g/mol. The van der Waals surface area contributed by atoms with Crippen molar-refractivity contribution >= 4 is 35.5 Å². The van der Waals surface area contributed by atoms with E-state index >= 15 is 0 Å². The van der Waals surface area contributed by atoms with E-state index in [1.54, 1.807) is 42.5 Å². The molecule has 2 rings (SSSR count). The molecule has 0 aromatic heterocycles. The number of hydrogen-bond acceptors (Lipinski definition) is 8. The van der Waals surface area contributed by atoms with Gasteiger partial charge >= 0.3 is 5.97 Å². The predicted molar refractivity (Wildman–Crippen MR) is 148 cm³/mol. The van der Waals surface area contributed by atoms with Gasteiger partial charge in [0.25, 0.3) is 0 Å². The standard InChI is InChI=1S/C27H36N4O7S/c1-16(32)23(28)26(36)31-22(14-17-6-4-3-5-7-17)25(35)30-21(15-18-8-10-19(33)11-9-18)24(34)29-20(27(37)38)12-13-39-2/h3-11,16,20-23,32-33H,12-15,28H2,1-2H3,(H,29,34)(H,30,35)(H,31,36)(H,37,38). The quantitative estimate of drug-likeness (QED) is 0.159. The molecule has 0 radical (unpaired) electrons. The SMILES string of the molecule is CSCCC(NC(=O)C(Cc1ccc(O)cc1)NC(=O)C(Cc1ccccc1)NC(=O)C(N)C(C)O)C(=O)O. The van der Waals surface area contributed by atoms with Crippen molar-refractivity contribution < 1.29 is 34.5 Å². The van der Waals surface area contributed by atoms with E-state index in [1.807, 2.05) is 6.26 Å². The molecule has 0 spiro atoms. The van der Waals surface area contributed by atoms with Crippen molar-refractivity contribution in [2.75, 3.05) is 12.0 Å². The second-order valence-corrected chi connectivity index (χ2v) is 10.1. The molecule has 212 valence electrons. The molecule has 0 fully saturated rings. The Labute approximate surface area is 231 Å². The Morgan fingerprint density at radius 1 is 0.821 bits per heavy atom. The maximum Gasteiger partial charge on any atom is 0.326 e. The van der Waals surface area contributed by atoms with E-state index in [0.29, 0.717) is 11.3 Å². The molecule has 0 heterocycles. The molecule has 0 aliphatic rings. The zero-order valence-corrected chi connectivity index (χ0v) is 22.7. The fraction of sp³-hybridized carbons (Fsp3) is 0.407. The van der Waals surface area contributed by atoms with Crippen molar-refractivity contribution in [1.82, 2.24) is 16.0 Å². The first-order chi connectivity index (χ1) is 18.5. The van der Waals surface area contributed by atoms with E-state index in [4.69, 9.17) is 5.73 Å². The molecule has 0 saturated carbocycles. The largest absolute Gasteiger partial charge is 0.508 e. The summed E-state index contributed by atoms with van der Waals surface area (Å²) in [4.78, 5) is 51.0. The van der Waals surface area contributed by atoms with Crippen molar-refractivity contribution in [2.45, 2.75) is 56.5 Å². The number of carboxylic acids is 1. The third-order valence-corrected chi connectivity index (χ3v) is 6.62. The summed E-state index contributed by atoms with van der Waals surface area (Å²) in [7, 11) is 0. The number of benzene rings is 2. The van der Waals surface area contributed by atoms with Gasteiger partial charge in [0.05, 0.1) is 6.10 Å². The summed E-state index contributed by atoms with van der Waals surface area (Å²) >= 11 is 1.44. The number of rotatable bonds is 15. The topological polar surface area (TPSA) is 191 Å². The van der Waals surface area contributed by atoms with Gasteiger partial charge in [-0.05, 0) is 48.6 Å². The highest BCUT2D eigenvalue weighted by Gasteiger charge is 2.31. The summed E-state index contributed by atoms with van der Waals surface area (Å²) in [5, 5.41) is 36.6. The average molecular weight is 561 g/mol. The van der Waals surface area contributed by atoms with Crippen LogP contribution in [0.4, 0.5) is 0 Å². The lowest BCUT2D eigenvalue weighted by atomic mass is 10.0. The number of aliphatic carboxylic acids is 1. The number of aliphatic hydroxyl groups excluding tert-OH is 1. The van der Waals surface area contributed by atoms with E-state index in [2.05, 4.69) is 16.0 Å². The van der Waals surface area contributed by atoms with Crippen LogP contribution >= 0.6 is 11.8 Å². The maximum atomic E-state index is 13.5. The van der Waals surface area contributed by atoms with Crippen LogP contribution in [0.1, 0.15) is 24.5 Å². The van der Waals surface area contributed by atoms with Gasteiger partial charge in [-0.15, -0.1) is 0 Å². The highest BCUT2D eigenvalue weighted by atomic mass is 32.2. The minimum atomic E-state index is -1.28. The van der Waals surface area contributed by atoms with Crippen LogP contribution in [0.3, 0.4) is 0 Å². The first-order valence-corrected chi connectivity index (χ1v) is 13.8. The number of aliphatic hydroxyl groups is 1. The molecular weight excluding hydrogens is 524 g/mol. The van der Waals surface area contributed by atoms with Gasteiger partial charge in [-0.2, -0.15) is 11.8 Å². The zero-order chi connectivity index (χ0) is 28.9. The smallest absolute Gasteiger partial charge is 0.326 e. The fourth-order valence-electron chi connectivity index (χ4n) is 3.66. The Kier molecular flexibility index (Phi) is 12.7. The second-order valence-electron chi connectivity index (χ2n) is 9.13. The number of carbonyl (C=O) groups excluding carboxylic acids is 3. The van der Waals surface area contributed by atoms with Crippen LogP contribution in [-0.4, -0.2) is 81.3 Å². The average Bonchev–Trinajstić information content (AvgIpc) is 2.91. The molecule has 2 aromatic rings. The van der Waals surface area contributed by atoms with Gasteiger partial charge in [0.2, 0.25) is 17.7 Å². The molecule has 39 heavy (non-hydrogen) atoms. The number of nitrogens with one attached hydrogen (secondary N) is 3. The molecule has 2 aromatic carbocycles. The fourth-order valence-corrected chi connectivity index (χ4v) is 4.13. The van der Waals surface area contributed by atoms with Gasteiger partial charge in [-0.1, -0.05) is 42.5 Å². The highest BCUT2D eigenvalue weighted by Crippen LogP contribution is 2.13. The number of carboxylic acid groups (broad SMARTS) is 1. The molecule has 12 heteroatoms. The van der Waals surface area contributed by atoms with Crippen LogP contribution in [0.25, 0.3) is 0 Å². The highest BCUT2D eigenvalue weighted by molar-refractivity contribution is 7.98. The van der Waals surface area contributed by atoms with E-state index < -0.39 is 54.0 Å². The lowest BCUT2D eigenvalue weighted by Gasteiger charge is -2.26. The summed E-state index contributed by atoms with van der Waals surface area (Å²) in [6.07, 6.45) is 0.911. The van der Waals surface area contributed by atoms with E-state index in [-0.39, 0.29) is 25.0 Å². The zero-order valence-electron chi connectivity index (χ0n) is 21.9. The third kappa shape index (κ3) is 10.6. The number of carbonyl (C=O) groups is 4. The van der Waals surface area contributed by atoms with Crippen LogP contribution in [0, 0.1) is 0 Å². The molecule has 8 N–H and O–H groups in total. The van der Waals surface area contributed by atoms with Gasteiger partial charge in [0.1, 0.15) is 29.9 Å².